The summed E-state index contributed by atoms with van der Waals surface area (Å²) in [6, 6.07) is 19.8. The molecule has 4 nitrogen and oxygen atoms in total. The van der Waals surface area contributed by atoms with Crippen molar-refractivity contribution in [3.8, 4) is 0 Å². The highest BCUT2D eigenvalue weighted by atomic mass is 16.3. The first kappa shape index (κ1) is 19.5. The summed E-state index contributed by atoms with van der Waals surface area (Å²) in [5, 5.41) is 23.4. The van der Waals surface area contributed by atoms with Crippen LogP contribution in [0.2, 0.25) is 0 Å². The van der Waals surface area contributed by atoms with Crippen LogP contribution in [-0.2, 0) is 0 Å². The Balaban J connectivity index is 1.42. The second-order valence-electron chi connectivity index (χ2n) is 7.72. The first-order valence-electron chi connectivity index (χ1n) is 10.1. The van der Waals surface area contributed by atoms with E-state index in [1.807, 2.05) is 74.5 Å². The fourth-order valence-corrected chi connectivity index (χ4v) is 3.89. The van der Waals surface area contributed by atoms with E-state index >= 15 is 0 Å². The molecule has 2 heterocycles. The monoisotopic (exact) mass is 386 g/mol. The molecule has 2 N–H and O–H groups in total. The van der Waals surface area contributed by atoms with E-state index in [0.29, 0.717) is 30.7 Å². The molecule has 2 aromatic carbocycles. The van der Waals surface area contributed by atoms with E-state index in [-0.39, 0.29) is 0 Å². The minimum atomic E-state index is -0.642. The molecular weight excluding hydrogens is 360 g/mol. The van der Waals surface area contributed by atoms with E-state index in [9.17, 15) is 10.2 Å². The molecule has 0 unspecified atom stereocenters. The Bertz CT molecular complexity index is 1060. The number of fused-ring (bicyclic) bond motifs is 2. The average Bonchev–Trinajstić information content (AvgIpc) is 2.73. The highest BCUT2D eigenvalue weighted by Gasteiger charge is 2.15. The number of hydrogen-bond donors (Lipinski definition) is 2. The quantitative estimate of drug-likeness (QED) is 0.470. The van der Waals surface area contributed by atoms with Crippen molar-refractivity contribution in [2.75, 3.05) is 0 Å². The summed E-state index contributed by atoms with van der Waals surface area (Å²) >= 11 is 0. The maximum absolute atomic E-state index is 10.6. The van der Waals surface area contributed by atoms with Crippen molar-refractivity contribution in [2.24, 2.45) is 0 Å². The van der Waals surface area contributed by atoms with Crippen LogP contribution in [0, 0.1) is 13.8 Å². The van der Waals surface area contributed by atoms with Crippen LogP contribution >= 0.6 is 0 Å². The third-order valence-corrected chi connectivity index (χ3v) is 5.52. The first-order chi connectivity index (χ1) is 14.0. The number of para-hydroxylation sites is 2. The summed E-state index contributed by atoms with van der Waals surface area (Å²) in [6.07, 6.45) is 0.500. The van der Waals surface area contributed by atoms with Gasteiger partial charge in [0.25, 0.3) is 0 Å². The highest BCUT2D eigenvalue weighted by Crippen LogP contribution is 2.27. The second-order valence-corrected chi connectivity index (χ2v) is 7.72. The molecule has 0 aliphatic heterocycles. The van der Waals surface area contributed by atoms with Crippen molar-refractivity contribution in [3.63, 3.8) is 0 Å². The topological polar surface area (TPSA) is 66.2 Å². The lowest BCUT2D eigenvalue weighted by Gasteiger charge is -2.15. The summed E-state index contributed by atoms with van der Waals surface area (Å²) in [5.74, 6) is 0. The number of aliphatic hydroxyl groups is 2. The Labute approximate surface area is 170 Å². The number of benzene rings is 2. The molecule has 0 aliphatic rings. The fraction of sp³-hybridized carbons (Fsp3) is 0.280. The molecule has 0 bridgehead atoms. The summed E-state index contributed by atoms with van der Waals surface area (Å²) in [4.78, 5) is 9.23. The number of aromatic nitrogens is 2. The zero-order chi connectivity index (χ0) is 20.4. The van der Waals surface area contributed by atoms with Gasteiger partial charge in [-0.15, -0.1) is 0 Å². The minimum Gasteiger partial charge on any atom is -0.387 e. The van der Waals surface area contributed by atoms with Gasteiger partial charge < -0.3 is 10.2 Å². The van der Waals surface area contributed by atoms with Crippen molar-refractivity contribution in [1.29, 1.82) is 0 Å². The summed E-state index contributed by atoms with van der Waals surface area (Å²) in [7, 11) is 0. The van der Waals surface area contributed by atoms with Crippen molar-refractivity contribution in [3.05, 3.63) is 83.2 Å². The molecule has 2 aromatic heterocycles. The van der Waals surface area contributed by atoms with Gasteiger partial charge in [0.1, 0.15) is 0 Å². The number of aryl methyl sites for hydroxylation is 2. The molecule has 4 heteroatoms. The number of pyridine rings is 2. The van der Waals surface area contributed by atoms with Gasteiger partial charge in [-0.25, -0.2) is 0 Å². The predicted octanol–water partition coefficient (Wildman–Crippen LogP) is 5.34. The Hall–Kier alpha value is -2.82. The number of aliphatic hydroxyl groups excluding tert-OH is 2. The minimum absolute atomic E-state index is 0.550. The van der Waals surface area contributed by atoms with E-state index in [1.54, 1.807) is 0 Å². The van der Waals surface area contributed by atoms with E-state index in [0.717, 1.165) is 32.9 Å². The van der Waals surface area contributed by atoms with Gasteiger partial charge in [-0.3, -0.25) is 9.97 Å². The Morgan fingerprint density at radius 1 is 0.690 bits per heavy atom. The van der Waals surface area contributed by atoms with Gasteiger partial charge in [0.05, 0.1) is 34.6 Å². The average molecular weight is 386 g/mol. The number of nitrogens with zero attached hydrogens (tertiary/aromatic N) is 2. The van der Waals surface area contributed by atoms with Crippen molar-refractivity contribution in [1.82, 2.24) is 9.97 Å². The largest absolute Gasteiger partial charge is 0.387 e. The van der Waals surface area contributed by atoms with Gasteiger partial charge in [-0.2, -0.15) is 0 Å². The molecule has 29 heavy (non-hydrogen) atoms. The molecule has 0 amide bonds. The summed E-state index contributed by atoms with van der Waals surface area (Å²) < 4.78 is 0. The van der Waals surface area contributed by atoms with Crippen molar-refractivity contribution >= 4 is 21.8 Å². The zero-order valence-corrected chi connectivity index (χ0v) is 16.8. The van der Waals surface area contributed by atoms with E-state index in [4.69, 9.17) is 0 Å². The van der Waals surface area contributed by atoms with E-state index in [1.165, 1.54) is 0 Å². The third kappa shape index (κ3) is 4.14. The lowest BCUT2D eigenvalue weighted by atomic mass is 10.0. The van der Waals surface area contributed by atoms with Gasteiger partial charge in [0, 0.05) is 10.8 Å². The lowest BCUT2D eigenvalue weighted by Crippen LogP contribution is -2.05. The Morgan fingerprint density at radius 2 is 1.10 bits per heavy atom. The standard InChI is InChI=1S/C25H26N2O2/c1-16-14-22(26-20-10-5-3-8-18(16)20)24(28)12-7-13-25(29)23-15-17(2)19-9-4-6-11-21(19)27-23/h3-6,8-11,14-15,24-25,28-29H,7,12-13H2,1-2H3/t24-,25-/m0/s1. The Morgan fingerprint density at radius 3 is 1.55 bits per heavy atom. The molecule has 4 aromatic rings. The van der Waals surface area contributed by atoms with Gasteiger partial charge in [-0.1, -0.05) is 36.4 Å². The molecule has 0 fully saturated rings. The van der Waals surface area contributed by atoms with Crippen LogP contribution < -0.4 is 0 Å². The van der Waals surface area contributed by atoms with Crippen molar-refractivity contribution in [2.45, 2.75) is 45.3 Å². The molecule has 148 valence electrons. The van der Waals surface area contributed by atoms with Crippen LogP contribution in [0.25, 0.3) is 21.8 Å². The van der Waals surface area contributed by atoms with Crippen molar-refractivity contribution < 1.29 is 10.2 Å². The van der Waals surface area contributed by atoms with E-state index in [2.05, 4.69) is 9.97 Å². The molecule has 4 rings (SSSR count). The van der Waals surface area contributed by atoms with Crippen LogP contribution in [0.5, 0.6) is 0 Å². The van der Waals surface area contributed by atoms with Gasteiger partial charge in [0.2, 0.25) is 0 Å². The second kappa shape index (κ2) is 8.27. The van der Waals surface area contributed by atoms with Crippen LogP contribution in [0.15, 0.2) is 60.7 Å². The van der Waals surface area contributed by atoms with Gasteiger partial charge >= 0.3 is 0 Å². The van der Waals surface area contributed by atoms with Crippen LogP contribution in [-0.4, -0.2) is 20.2 Å². The van der Waals surface area contributed by atoms with Crippen LogP contribution in [0.4, 0.5) is 0 Å². The molecule has 0 saturated carbocycles. The third-order valence-electron chi connectivity index (χ3n) is 5.52. The normalized spacial score (nSPS) is 13.7. The summed E-state index contributed by atoms with van der Waals surface area (Å²) in [6.45, 7) is 4.08. The number of rotatable bonds is 6. The first-order valence-corrected chi connectivity index (χ1v) is 10.1. The maximum Gasteiger partial charge on any atom is 0.0960 e. The zero-order valence-electron chi connectivity index (χ0n) is 16.8. The van der Waals surface area contributed by atoms with Crippen LogP contribution in [0.3, 0.4) is 0 Å². The molecule has 0 aliphatic carbocycles. The summed E-state index contributed by atoms with van der Waals surface area (Å²) in [5.41, 5.74) is 5.40. The number of hydrogen-bond acceptors (Lipinski definition) is 4. The molecule has 0 spiro atoms. The smallest absolute Gasteiger partial charge is 0.0960 e. The van der Waals surface area contributed by atoms with E-state index < -0.39 is 12.2 Å². The Kier molecular flexibility index (Phi) is 5.56. The fourth-order valence-electron chi connectivity index (χ4n) is 3.89. The molecule has 2 atom stereocenters. The molecule has 0 saturated heterocycles. The SMILES string of the molecule is Cc1cc([C@@H](O)CCC[C@H](O)c2cc(C)c3ccccc3n2)nc2ccccc12. The highest BCUT2D eigenvalue weighted by molar-refractivity contribution is 5.82. The lowest BCUT2D eigenvalue weighted by molar-refractivity contribution is 0.131. The van der Waals surface area contributed by atoms with Crippen LogP contribution in [0.1, 0.15) is 54.0 Å². The predicted molar refractivity (Wildman–Crippen MR) is 117 cm³/mol. The van der Waals surface area contributed by atoms with Gasteiger partial charge in [0.15, 0.2) is 0 Å². The maximum atomic E-state index is 10.6. The van der Waals surface area contributed by atoms with Gasteiger partial charge in [-0.05, 0) is 68.5 Å². The molecular formula is C25H26N2O2. The molecule has 0 radical (unpaired) electrons.